The largest absolute Gasteiger partial charge is 0.507 e. The minimum atomic E-state index is -0.944. The van der Waals surface area contributed by atoms with E-state index in [9.17, 15) is 24.8 Å². The van der Waals surface area contributed by atoms with Gasteiger partial charge in [0, 0.05) is 36.6 Å². The second kappa shape index (κ2) is 10.0. The third-order valence-electron chi connectivity index (χ3n) is 5.56. The van der Waals surface area contributed by atoms with Crippen molar-refractivity contribution in [2.75, 3.05) is 6.61 Å². The molecule has 1 aliphatic heterocycles. The Morgan fingerprint density at radius 3 is 2.34 bits per heavy atom. The highest BCUT2D eigenvalue weighted by atomic mass is 16.6. The molecule has 35 heavy (non-hydrogen) atoms. The van der Waals surface area contributed by atoms with Crippen LogP contribution in [0.1, 0.15) is 22.7 Å². The van der Waals surface area contributed by atoms with Gasteiger partial charge in [0.1, 0.15) is 18.1 Å². The lowest BCUT2D eigenvalue weighted by Crippen LogP contribution is -2.29. The van der Waals surface area contributed by atoms with E-state index in [-0.39, 0.29) is 23.6 Å². The predicted molar refractivity (Wildman–Crippen MR) is 127 cm³/mol. The number of nitro groups is 1. The number of nitro benzene ring substituents is 1. The number of Topliss-reactive ketones (excluding diaryl/α,β-unsaturated/α-hetero) is 1. The van der Waals surface area contributed by atoms with Crippen LogP contribution in [0, 0.1) is 10.1 Å². The van der Waals surface area contributed by atoms with Gasteiger partial charge in [0.25, 0.3) is 17.4 Å². The Labute approximate surface area is 200 Å². The zero-order chi connectivity index (χ0) is 24.9. The number of carbonyl (C=O) groups is 2. The number of hydrogen-bond acceptors (Lipinski definition) is 7. The Balaban J connectivity index is 1.79. The molecule has 0 radical (unpaired) electrons. The van der Waals surface area contributed by atoms with Gasteiger partial charge in [-0.2, -0.15) is 0 Å². The summed E-state index contributed by atoms with van der Waals surface area (Å²) >= 11 is 0. The number of aliphatic hydroxyl groups is 1. The molecular weight excluding hydrogens is 450 g/mol. The summed E-state index contributed by atoms with van der Waals surface area (Å²) in [4.78, 5) is 42.1. The Kier molecular flexibility index (Phi) is 6.68. The highest BCUT2D eigenvalue weighted by molar-refractivity contribution is 6.46. The van der Waals surface area contributed by atoms with E-state index >= 15 is 0 Å². The van der Waals surface area contributed by atoms with Crippen LogP contribution in [0.25, 0.3) is 5.76 Å². The molecule has 1 saturated heterocycles. The van der Waals surface area contributed by atoms with Crippen LogP contribution in [-0.2, 0) is 16.1 Å². The van der Waals surface area contributed by atoms with Crippen molar-refractivity contribution in [1.29, 1.82) is 0 Å². The highest BCUT2D eigenvalue weighted by Gasteiger charge is 2.46. The first-order valence-electron chi connectivity index (χ1n) is 10.7. The van der Waals surface area contributed by atoms with Gasteiger partial charge >= 0.3 is 0 Å². The molecule has 1 fully saturated rings. The van der Waals surface area contributed by atoms with Crippen LogP contribution in [0.2, 0.25) is 0 Å². The number of non-ortho nitro benzene ring substituents is 1. The second-order valence-corrected chi connectivity index (χ2v) is 7.76. The van der Waals surface area contributed by atoms with Gasteiger partial charge in [-0.1, -0.05) is 12.7 Å². The summed E-state index contributed by atoms with van der Waals surface area (Å²) < 4.78 is 5.45. The molecule has 0 saturated carbocycles. The molecule has 0 unspecified atom stereocenters. The topological polar surface area (TPSA) is 123 Å². The Morgan fingerprint density at radius 2 is 1.74 bits per heavy atom. The molecule has 176 valence electrons. The van der Waals surface area contributed by atoms with Crippen LogP contribution in [0.15, 0.2) is 91.3 Å². The van der Waals surface area contributed by atoms with Crippen molar-refractivity contribution in [1.82, 2.24) is 9.88 Å². The summed E-state index contributed by atoms with van der Waals surface area (Å²) in [6.45, 7) is 3.99. The minimum absolute atomic E-state index is 0.0832. The Hall–Kier alpha value is -4.79. The Bertz CT molecular complexity index is 1300. The number of pyridine rings is 1. The zero-order valence-corrected chi connectivity index (χ0v) is 18.5. The fraction of sp³-hybridized carbons (Fsp3) is 0.115. The summed E-state index contributed by atoms with van der Waals surface area (Å²) in [6.07, 6.45) is 4.74. The number of carbonyl (C=O) groups excluding carboxylic acids is 2. The maximum absolute atomic E-state index is 13.1. The number of amides is 1. The van der Waals surface area contributed by atoms with Crippen molar-refractivity contribution in [3.63, 3.8) is 0 Å². The average Bonchev–Trinajstić information content (AvgIpc) is 3.13. The van der Waals surface area contributed by atoms with Crippen LogP contribution in [0.3, 0.4) is 0 Å². The molecule has 0 aliphatic carbocycles. The molecule has 1 atom stereocenters. The molecule has 9 nitrogen and oxygen atoms in total. The number of benzene rings is 2. The van der Waals surface area contributed by atoms with Gasteiger partial charge in [0.15, 0.2) is 0 Å². The van der Waals surface area contributed by atoms with E-state index in [1.807, 2.05) is 0 Å². The van der Waals surface area contributed by atoms with Gasteiger partial charge < -0.3 is 14.7 Å². The van der Waals surface area contributed by atoms with E-state index in [1.165, 1.54) is 29.2 Å². The SMILES string of the molecule is C=CCOc1ccc(C(O)=C2C(=O)C(=O)N(Cc3ccncc3)[C@@H]2c2ccc([N+](=O)[O-])cc2)cc1. The lowest BCUT2D eigenvalue weighted by molar-refractivity contribution is -0.384. The number of ketones is 1. The van der Waals surface area contributed by atoms with Crippen molar-refractivity contribution in [3.05, 3.63) is 118 Å². The van der Waals surface area contributed by atoms with E-state index in [0.717, 1.165) is 5.56 Å². The average molecular weight is 471 g/mol. The Morgan fingerprint density at radius 1 is 1.09 bits per heavy atom. The summed E-state index contributed by atoms with van der Waals surface area (Å²) in [5.74, 6) is -1.42. The van der Waals surface area contributed by atoms with Crippen molar-refractivity contribution >= 4 is 23.1 Å². The van der Waals surface area contributed by atoms with Crippen molar-refractivity contribution in [2.24, 2.45) is 0 Å². The van der Waals surface area contributed by atoms with Gasteiger partial charge in [-0.15, -0.1) is 0 Å². The molecule has 1 aliphatic rings. The minimum Gasteiger partial charge on any atom is -0.507 e. The number of aromatic nitrogens is 1. The zero-order valence-electron chi connectivity index (χ0n) is 18.5. The molecule has 1 N–H and O–H groups in total. The number of rotatable bonds is 8. The fourth-order valence-corrected chi connectivity index (χ4v) is 3.87. The summed E-state index contributed by atoms with van der Waals surface area (Å²) in [6, 6.07) is 14.5. The molecule has 4 rings (SSSR count). The molecule has 1 amide bonds. The first-order chi connectivity index (χ1) is 16.9. The highest BCUT2D eigenvalue weighted by Crippen LogP contribution is 2.40. The van der Waals surface area contributed by atoms with Crippen molar-refractivity contribution < 1.29 is 24.4 Å². The molecule has 2 aromatic carbocycles. The molecule has 9 heteroatoms. The normalized spacial score (nSPS) is 16.8. The van der Waals surface area contributed by atoms with Crippen molar-refractivity contribution in [3.8, 4) is 5.75 Å². The van der Waals surface area contributed by atoms with E-state index < -0.39 is 22.7 Å². The standard InChI is InChI=1S/C26H21N3O6/c1-2-15-35-21-9-5-19(6-10-21)24(30)22-23(18-3-7-20(8-4-18)29(33)34)28(26(32)25(22)31)16-17-11-13-27-14-12-17/h2-14,23,30H,1,15-16H2/t23-/m1/s1. The second-order valence-electron chi connectivity index (χ2n) is 7.76. The molecule has 3 aromatic rings. The third-order valence-corrected chi connectivity index (χ3v) is 5.56. The van der Waals surface area contributed by atoms with E-state index in [1.54, 1.807) is 54.9 Å². The summed E-state index contributed by atoms with van der Waals surface area (Å²) in [5.41, 5.74) is 1.28. The van der Waals surface area contributed by atoms with Gasteiger partial charge in [-0.3, -0.25) is 24.7 Å². The van der Waals surface area contributed by atoms with Gasteiger partial charge in [0.05, 0.1) is 16.5 Å². The van der Waals surface area contributed by atoms with Gasteiger partial charge in [-0.05, 0) is 59.7 Å². The first-order valence-corrected chi connectivity index (χ1v) is 10.7. The first kappa shape index (κ1) is 23.4. The lowest BCUT2D eigenvalue weighted by atomic mass is 9.95. The van der Waals surface area contributed by atoms with Crippen LogP contribution < -0.4 is 4.74 Å². The molecule has 0 spiro atoms. The number of hydrogen-bond donors (Lipinski definition) is 1. The lowest BCUT2D eigenvalue weighted by Gasteiger charge is -2.25. The van der Waals surface area contributed by atoms with Gasteiger partial charge in [0.2, 0.25) is 0 Å². The van der Waals surface area contributed by atoms with Crippen LogP contribution in [-0.4, -0.2) is 38.2 Å². The van der Waals surface area contributed by atoms with Crippen molar-refractivity contribution in [2.45, 2.75) is 12.6 Å². The number of nitrogens with zero attached hydrogens (tertiary/aromatic N) is 3. The predicted octanol–water partition coefficient (Wildman–Crippen LogP) is 4.18. The van der Waals surface area contributed by atoms with E-state index in [4.69, 9.17) is 4.74 Å². The monoisotopic (exact) mass is 471 g/mol. The number of aliphatic hydroxyl groups excluding tert-OH is 1. The molecule has 2 heterocycles. The quantitative estimate of drug-likeness (QED) is 0.131. The van der Waals surface area contributed by atoms with E-state index in [2.05, 4.69) is 11.6 Å². The molecule has 0 bridgehead atoms. The van der Waals surface area contributed by atoms with Crippen LogP contribution in [0.5, 0.6) is 5.75 Å². The van der Waals surface area contributed by atoms with E-state index in [0.29, 0.717) is 23.5 Å². The molecule has 1 aromatic heterocycles. The summed E-state index contributed by atoms with van der Waals surface area (Å²) in [7, 11) is 0. The smallest absolute Gasteiger partial charge is 0.295 e. The van der Waals surface area contributed by atoms with Gasteiger partial charge in [-0.25, -0.2) is 0 Å². The third kappa shape index (κ3) is 4.79. The number of ether oxygens (including phenoxy) is 1. The van der Waals surface area contributed by atoms with Crippen LogP contribution >= 0.6 is 0 Å². The fourth-order valence-electron chi connectivity index (χ4n) is 3.87. The summed E-state index contributed by atoms with van der Waals surface area (Å²) in [5, 5.41) is 22.2. The number of likely N-dealkylation sites (tertiary alicyclic amines) is 1. The maximum Gasteiger partial charge on any atom is 0.295 e. The molecular formula is C26H21N3O6. The van der Waals surface area contributed by atoms with Crippen LogP contribution in [0.4, 0.5) is 5.69 Å². The maximum atomic E-state index is 13.1.